The van der Waals surface area contributed by atoms with E-state index >= 15 is 0 Å². The molecule has 3 aromatic rings. The molecule has 0 aliphatic heterocycles. The Bertz CT molecular complexity index is 1240. The zero-order valence-electron chi connectivity index (χ0n) is 19.7. The number of rotatable bonds is 9. The molecule has 0 saturated heterocycles. The number of carboxylic acids is 1. The van der Waals surface area contributed by atoms with Crippen LogP contribution in [0, 0.1) is 6.92 Å². The molecule has 1 atom stereocenters. The lowest BCUT2D eigenvalue weighted by Gasteiger charge is -2.15. The summed E-state index contributed by atoms with van der Waals surface area (Å²) >= 11 is 1.31. The van der Waals surface area contributed by atoms with Crippen molar-refractivity contribution in [2.75, 3.05) is 24.9 Å². The van der Waals surface area contributed by atoms with Crippen LogP contribution >= 0.6 is 11.8 Å². The van der Waals surface area contributed by atoms with Gasteiger partial charge in [-0.05, 0) is 61.9 Å². The second-order valence-electron chi connectivity index (χ2n) is 7.60. The molecule has 35 heavy (non-hydrogen) atoms. The van der Waals surface area contributed by atoms with E-state index in [4.69, 9.17) is 9.47 Å². The molecule has 0 saturated carbocycles. The fraction of sp³-hybridized carbons (Fsp3) is 0.192. The van der Waals surface area contributed by atoms with Crippen molar-refractivity contribution < 1.29 is 29.0 Å². The summed E-state index contributed by atoms with van der Waals surface area (Å²) in [5, 5.41) is 14.4. The number of ether oxygens (including phenoxy) is 2. The number of aryl methyl sites for hydroxylation is 1. The van der Waals surface area contributed by atoms with Crippen molar-refractivity contribution in [1.82, 2.24) is 0 Å². The topological polar surface area (TPSA) is 114 Å². The normalized spacial score (nSPS) is 11.3. The summed E-state index contributed by atoms with van der Waals surface area (Å²) in [4.78, 5) is 37.7. The highest BCUT2D eigenvalue weighted by atomic mass is 32.2. The van der Waals surface area contributed by atoms with Crippen LogP contribution in [0.2, 0.25) is 0 Å². The van der Waals surface area contributed by atoms with Gasteiger partial charge in [0.2, 0.25) is 5.91 Å². The van der Waals surface area contributed by atoms with Gasteiger partial charge in [0.1, 0.15) is 17.1 Å². The van der Waals surface area contributed by atoms with Crippen molar-refractivity contribution >= 4 is 40.9 Å². The molecule has 182 valence electrons. The van der Waals surface area contributed by atoms with E-state index in [-0.39, 0.29) is 22.9 Å². The number of amides is 2. The van der Waals surface area contributed by atoms with E-state index in [2.05, 4.69) is 10.6 Å². The maximum absolute atomic E-state index is 12.9. The van der Waals surface area contributed by atoms with Crippen LogP contribution < -0.4 is 20.1 Å². The Labute approximate surface area is 207 Å². The van der Waals surface area contributed by atoms with Gasteiger partial charge in [-0.15, -0.1) is 11.8 Å². The molecule has 0 bridgehead atoms. The van der Waals surface area contributed by atoms with Crippen LogP contribution in [0.15, 0.2) is 65.6 Å². The van der Waals surface area contributed by atoms with Gasteiger partial charge in [0.05, 0.1) is 25.0 Å². The van der Waals surface area contributed by atoms with Crippen LogP contribution in [0.25, 0.3) is 0 Å². The minimum atomic E-state index is -1.06. The third kappa shape index (κ3) is 6.33. The number of thioether (sulfide) groups is 1. The highest BCUT2D eigenvalue weighted by Gasteiger charge is 2.20. The Morgan fingerprint density at radius 1 is 0.914 bits per heavy atom. The standard InChI is InChI=1S/C26H26N2O6S/c1-15-11-12-17(26(31)32)13-20(15)28-24(29)16(2)35-19-8-5-7-18(14-19)27-25(30)23-21(33-3)9-6-10-22(23)34-4/h5-14,16H,1-4H3,(H,27,30)(H,28,29)(H,31,32). The number of nitrogens with one attached hydrogen (secondary N) is 2. The summed E-state index contributed by atoms with van der Waals surface area (Å²) in [7, 11) is 2.96. The van der Waals surface area contributed by atoms with Gasteiger partial charge in [-0.25, -0.2) is 4.79 Å². The number of aromatic carboxylic acids is 1. The summed E-state index contributed by atoms with van der Waals surface area (Å²) in [6.45, 7) is 3.54. The van der Waals surface area contributed by atoms with Crippen molar-refractivity contribution in [3.05, 3.63) is 77.4 Å². The van der Waals surface area contributed by atoms with Gasteiger partial charge < -0.3 is 25.2 Å². The number of carboxylic acid groups (broad SMARTS) is 1. The number of anilines is 2. The molecule has 8 nitrogen and oxygen atoms in total. The molecule has 3 aromatic carbocycles. The number of carbonyl (C=O) groups is 3. The third-order valence-corrected chi connectivity index (χ3v) is 6.26. The van der Waals surface area contributed by atoms with E-state index in [0.29, 0.717) is 22.9 Å². The van der Waals surface area contributed by atoms with Crippen molar-refractivity contribution in [3.8, 4) is 11.5 Å². The SMILES string of the molecule is COc1cccc(OC)c1C(=O)Nc1cccc(SC(C)C(=O)Nc2cc(C(=O)O)ccc2C)c1. The molecular weight excluding hydrogens is 468 g/mol. The second kappa shape index (κ2) is 11.4. The molecule has 0 aliphatic rings. The molecule has 0 heterocycles. The Hall–Kier alpha value is -3.98. The summed E-state index contributed by atoms with van der Waals surface area (Å²) in [6, 6.07) is 16.8. The molecule has 0 spiro atoms. The van der Waals surface area contributed by atoms with E-state index in [1.54, 1.807) is 56.3 Å². The minimum Gasteiger partial charge on any atom is -0.496 e. The first-order valence-electron chi connectivity index (χ1n) is 10.7. The quantitative estimate of drug-likeness (QED) is 0.355. The first kappa shape index (κ1) is 25.6. The van der Waals surface area contributed by atoms with Crippen LogP contribution in [-0.2, 0) is 4.79 Å². The number of methoxy groups -OCH3 is 2. The molecule has 9 heteroatoms. The average Bonchev–Trinajstić information content (AvgIpc) is 2.84. The van der Waals surface area contributed by atoms with Crippen molar-refractivity contribution in [2.24, 2.45) is 0 Å². The van der Waals surface area contributed by atoms with Gasteiger partial charge in [-0.1, -0.05) is 18.2 Å². The number of hydrogen-bond donors (Lipinski definition) is 3. The highest BCUT2D eigenvalue weighted by molar-refractivity contribution is 8.00. The summed E-state index contributed by atoms with van der Waals surface area (Å²) < 4.78 is 10.6. The molecular formula is C26H26N2O6S. The Kier molecular flexibility index (Phi) is 8.38. The fourth-order valence-electron chi connectivity index (χ4n) is 3.30. The lowest BCUT2D eigenvalue weighted by molar-refractivity contribution is -0.115. The fourth-order valence-corrected chi connectivity index (χ4v) is 4.22. The highest BCUT2D eigenvalue weighted by Crippen LogP contribution is 2.31. The lowest BCUT2D eigenvalue weighted by Crippen LogP contribution is -2.23. The molecule has 2 amide bonds. The van der Waals surface area contributed by atoms with E-state index in [1.807, 2.05) is 6.07 Å². The minimum absolute atomic E-state index is 0.0984. The Morgan fingerprint density at radius 3 is 2.20 bits per heavy atom. The molecule has 3 rings (SSSR count). The monoisotopic (exact) mass is 494 g/mol. The van der Waals surface area contributed by atoms with Crippen molar-refractivity contribution in [1.29, 1.82) is 0 Å². The van der Waals surface area contributed by atoms with E-state index in [0.717, 1.165) is 10.5 Å². The number of hydrogen-bond acceptors (Lipinski definition) is 6. The smallest absolute Gasteiger partial charge is 0.335 e. The van der Waals surface area contributed by atoms with Gasteiger partial charge in [0.15, 0.2) is 0 Å². The zero-order valence-corrected chi connectivity index (χ0v) is 20.6. The van der Waals surface area contributed by atoms with Crippen LogP contribution in [0.3, 0.4) is 0 Å². The molecule has 1 unspecified atom stereocenters. The van der Waals surface area contributed by atoms with E-state index < -0.39 is 11.2 Å². The van der Waals surface area contributed by atoms with E-state index in [9.17, 15) is 19.5 Å². The molecule has 3 N–H and O–H groups in total. The van der Waals surface area contributed by atoms with Crippen LogP contribution in [-0.4, -0.2) is 42.4 Å². The van der Waals surface area contributed by atoms with Gasteiger partial charge in [-0.2, -0.15) is 0 Å². The van der Waals surface area contributed by atoms with Gasteiger partial charge in [0.25, 0.3) is 5.91 Å². The van der Waals surface area contributed by atoms with Crippen LogP contribution in [0.1, 0.15) is 33.2 Å². The van der Waals surface area contributed by atoms with Crippen molar-refractivity contribution in [3.63, 3.8) is 0 Å². The zero-order chi connectivity index (χ0) is 25.5. The second-order valence-corrected chi connectivity index (χ2v) is 9.02. The van der Waals surface area contributed by atoms with Crippen LogP contribution in [0.5, 0.6) is 11.5 Å². The third-order valence-electron chi connectivity index (χ3n) is 5.17. The lowest BCUT2D eigenvalue weighted by atomic mass is 10.1. The molecule has 0 aliphatic carbocycles. The molecule has 0 aromatic heterocycles. The summed E-state index contributed by atoms with van der Waals surface area (Å²) in [5.41, 5.74) is 2.14. The summed E-state index contributed by atoms with van der Waals surface area (Å²) in [5.74, 6) is -0.942. The van der Waals surface area contributed by atoms with Gasteiger partial charge in [-0.3, -0.25) is 9.59 Å². The predicted octanol–water partition coefficient (Wildman–Crippen LogP) is 5.08. The number of carbonyl (C=O) groups excluding carboxylic acids is 2. The first-order chi connectivity index (χ1) is 16.7. The Morgan fingerprint density at radius 2 is 1.57 bits per heavy atom. The van der Waals surface area contributed by atoms with Gasteiger partial charge in [0, 0.05) is 16.3 Å². The maximum Gasteiger partial charge on any atom is 0.335 e. The first-order valence-corrected chi connectivity index (χ1v) is 11.5. The van der Waals surface area contributed by atoms with Gasteiger partial charge >= 0.3 is 5.97 Å². The Balaban J connectivity index is 1.71. The van der Waals surface area contributed by atoms with E-state index in [1.165, 1.54) is 38.1 Å². The average molecular weight is 495 g/mol. The maximum atomic E-state index is 12.9. The summed E-state index contributed by atoms with van der Waals surface area (Å²) in [6.07, 6.45) is 0. The predicted molar refractivity (Wildman–Crippen MR) is 136 cm³/mol. The molecule has 0 fully saturated rings. The van der Waals surface area contributed by atoms with Crippen molar-refractivity contribution in [2.45, 2.75) is 24.0 Å². The van der Waals surface area contributed by atoms with Crippen LogP contribution in [0.4, 0.5) is 11.4 Å². The molecule has 0 radical (unpaired) electrons. The number of benzene rings is 3. The largest absolute Gasteiger partial charge is 0.496 e.